The number of hydrogen-bond acceptors (Lipinski definition) is 4. The van der Waals surface area contributed by atoms with Crippen molar-refractivity contribution >= 4 is 33.9 Å². The highest BCUT2D eigenvalue weighted by Crippen LogP contribution is 2.24. The van der Waals surface area contributed by atoms with Gasteiger partial charge in [-0.2, -0.15) is 0 Å². The Morgan fingerprint density at radius 2 is 2.14 bits per heavy atom. The van der Waals surface area contributed by atoms with Crippen LogP contribution in [0.5, 0.6) is 5.75 Å². The molecule has 0 bridgehead atoms. The van der Waals surface area contributed by atoms with E-state index in [1.165, 1.54) is 6.08 Å². The third-order valence-electron chi connectivity index (χ3n) is 2.96. The van der Waals surface area contributed by atoms with Gasteiger partial charge in [-0.25, -0.2) is 4.79 Å². The summed E-state index contributed by atoms with van der Waals surface area (Å²) in [5.41, 5.74) is 0.734. The summed E-state index contributed by atoms with van der Waals surface area (Å²) in [6.07, 6.45) is 3.67. The van der Waals surface area contributed by atoms with Crippen molar-refractivity contribution in [1.29, 1.82) is 0 Å². The van der Waals surface area contributed by atoms with E-state index in [1.807, 2.05) is 26.0 Å². The van der Waals surface area contributed by atoms with Crippen LogP contribution in [0.25, 0.3) is 6.08 Å². The van der Waals surface area contributed by atoms with Crippen LogP contribution in [0, 0.1) is 0 Å². The van der Waals surface area contributed by atoms with Gasteiger partial charge in [0.05, 0.1) is 7.11 Å². The van der Waals surface area contributed by atoms with Gasteiger partial charge in [0, 0.05) is 22.2 Å². The zero-order valence-electron chi connectivity index (χ0n) is 12.9. The lowest BCUT2D eigenvalue weighted by molar-refractivity contribution is -0.144. The molecule has 1 aromatic rings. The minimum atomic E-state index is -0.582. The van der Waals surface area contributed by atoms with Crippen molar-refractivity contribution in [3.05, 3.63) is 34.3 Å². The molecule has 0 aromatic heterocycles. The normalized spacial score (nSPS) is 12.0. The van der Waals surface area contributed by atoms with Crippen LogP contribution in [0.3, 0.4) is 0 Å². The Morgan fingerprint density at radius 3 is 2.77 bits per heavy atom. The molecular weight excluding hydrogens is 350 g/mol. The van der Waals surface area contributed by atoms with E-state index in [0.717, 1.165) is 16.5 Å². The second kappa shape index (κ2) is 9.25. The van der Waals surface area contributed by atoms with Gasteiger partial charge >= 0.3 is 5.97 Å². The molecule has 1 rings (SSSR count). The zero-order chi connectivity index (χ0) is 16.5. The Bertz CT molecular complexity index is 557. The molecule has 6 heteroatoms. The topological polar surface area (TPSA) is 64.6 Å². The van der Waals surface area contributed by atoms with Gasteiger partial charge in [-0.05, 0) is 37.6 Å². The van der Waals surface area contributed by atoms with Crippen molar-refractivity contribution in [2.24, 2.45) is 0 Å². The van der Waals surface area contributed by atoms with E-state index < -0.39 is 5.97 Å². The first-order valence-corrected chi connectivity index (χ1v) is 7.73. The number of halogens is 1. The van der Waals surface area contributed by atoms with E-state index in [0.29, 0.717) is 5.75 Å². The van der Waals surface area contributed by atoms with Crippen LogP contribution in [0.15, 0.2) is 28.7 Å². The molecule has 0 saturated carbocycles. The largest absolute Gasteiger partial charge is 0.496 e. The monoisotopic (exact) mass is 369 g/mol. The average Bonchev–Trinajstić information content (AvgIpc) is 2.50. The van der Waals surface area contributed by atoms with E-state index in [2.05, 4.69) is 21.2 Å². The summed E-state index contributed by atoms with van der Waals surface area (Å²) < 4.78 is 11.0. The number of amides is 1. The number of benzene rings is 1. The average molecular weight is 370 g/mol. The van der Waals surface area contributed by atoms with Crippen LogP contribution in [-0.4, -0.2) is 31.6 Å². The third-order valence-corrected chi connectivity index (χ3v) is 3.45. The third kappa shape index (κ3) is 6.30. The maximum atomic E-state index is 11.6. The van der Waals surface area contributed by atoms with Gasteiger partial charge in [0.25, 0.3) is 5.91 Å². The van der Waals surface area contributed by atoms with Gasteiger partial charge in [0.15, 0.2) is 6.61 Å². The Morgan fingerprint density at radius 1 is 1.41 bits per heavy atom. The molecule has 0 aliphatic heterocycles. The molecule has 120 valence electrons. The molecule has 0 saturated heterocycles. The molecule has 0 aliphatic carbocycles. The smallest absolute Gasteiger partial charge is 0.331 e. The molecular formula is C16H20BrNO4. The fourth-order valence-corrected chi connectivity index (χ4v) is 1.98. The summed E-state index contributed by atoms with van der Waals surface area (Å²) in [6.45, 7) is 3.56. The van der Waals surface area contributed by atoms with Crippen molar-refractivity contribution < 1.29 is 19.1 Å². The summed E-state index contributed by atoms with van der Waals surface area (Å²) in [6, 6.07) is 5.51. The molecule has 1 aromatic carbocycles. The van der Waals surface area contributed by atoms with E-state index in [4.69, 9.17) is 9.47 Å². The Labute approximate surface area is 138 Å². The quantitative estimate of drug-likeness (QED) is 0.592. The molecule has 0 heterocycles. The number of nitrogens with one attached hydrogen (secondary N) is 1. The lowest BCUT2D eigenvalue weighted by Crippen LogP contribution is -2.35. The number of carbonyl (C=O) groups excluding carboxylic acids is 2. The first kappa shape index (κ1) is 18.2. The summed E-state index contributed by atoms with van der Waals surface area (Å²) in [4.78, 5) is 23.1. The van der Waals surface area contributed by atoms with Crippen LogP contribution in [0.1, 0.15) is 25.8 Å². The molecule has 0 spiro atoms. The van der Waals surface area contributed by atoms with Gasteiger partial charge in [-0.1, -0.05) is 22.9 Å². The first-order chi connectivity index (χ1) is 10.5. The van der Waals surface area contributed by atoms with Crippen LogP contribution >= 0.6 is 15.9 Å². The highest BCUT2D eigenvalue weighted by Gasteiger charge is 2.08. The van der Waals surface area contributed by atoms with Crippen molar-refractivity contribution in [2.75, 3.05) is 13.7 Å². The molecule has 0 fully saturated rings. The van der Waals surface area contributed by atoms with Gasteiger partial charge in [0.2, 0.25) is 0 Å². The Balaban J connectivity index is 2.55. The second-order valence-electron chi connectivity index (χ2n) is 4.70. The highest BCUT2D eigenvalue weighted by molar-refractivity contribution is 9.10. The minimum absolute atomic E-state index is 0.0627. The maximum Gasteiger partial charge on any atom is 0.331 e. The molecule has 0 radical (unpaired) electrons. The summed E-state index contributed by atoms with van der Waals surface area (Å²) in [7, 11) is 1.55. The zero-order valence-corrected chi connectivity index (χ0v) is 14.5. The Hall–Kier alpha value is -1.82. The van der Waals surface area contributed by atoms with E-state index in [1.54, 1.807) is 19.3 Å². The number of methoxy groups -OCH3 is 1. The predicted molar refractivity (Wildman–Crippen MR) is 88.6 cm³/mol. The summed E-state index contributed by atoms with van der Waals surface area (Å²) in [5.74, 6) is -0.251. The van der Waals surface area contributed by atoms with Crippen molar-refractivity contribution in [3.8, 4) is 5.75 Å². The van der Waals surface area contributed by atoms with Crippen LogP contribution < -0.4 is 10.1 Å². The Kier molecular flexibility index (Phi) is 7.66. The number of ether oxygens (including phenoxy) is 2. The molecule has 1 amide bonds. The van der Waals surface area contributed by atoms with Crippen LogP contribution in [0.2, 0.25) is 0 Å². The van der Waals surface area contributed by atoms with E-state index in [-0.39, 0.29) is 18.6 Å². The van der Waals surface area contributed by atoms with Crippen molar-refractivity contribution in [3.63, 3.8) is 0 Å². The molecule has 5 nitrogen and oxygen atoms in total. The van der Waals surface area contributed by atoms with E-state index >= 15 is 0 Å². The highest BCUT2D eigenvalue weighted by atomic mass is 79.9. The standard InChI is InChI=1S/C16H20BrNO4/c1-4-11(2)18-15(19)10-22-16(20)8-5-12-9-13(17)6-7-14(12)21-3/h5-9,11H,4,10H2,1-3H3,(H,18,19)/b8-5+. The fraction of sp³-hybridized carbons (Fsp3) is 0.375. The maximum absolute atomic E-state index is 11.6. The van der Waals surface area contributed by atoms with Gasteiger partial charge in [-0.3, -0.25) is 4.79 Å². The molecule has 0 aliphatic rings. The van der Waals surface area contributed by atoms with Gasteiger partial charge in [0.1, 0.15) is 5.75 Å². The lowest BCUT2D eigenvalue weighted by Gasteiger charge is -2.10. The number of rotatable bonds is 7. The second-order valence-corrected chi connectivity index (χ2v) is 5.62. The number of carbonyl (C=O) groups is 2. The molecule has 1 unspecified atom stereocenters. The van der Waals surface area contributed by atoms with Crippen LogP contribution in [0.4, 0.5) is 0 Å². The van der Waals surface area contributed by atoms with Crippen molar-refractivity contribution in [2.45, 2.75) is 26.3 Å². The van der Waals surface area contributed by atoms with Gasteiger partial charge in [-0.15, -0.1) is 0 Å². The fourth-order valence-electron chi connectivity index (χ4n) is 1.60. The van der Waals surface area contributed by atoms with Crippen molar-refractivity contribution in [1.82, 2.24) is 5.32 Å². The first-order valence-electron chi connectivity index (χ1n) is 6.94. The molecule has 1 N–H and O–H groups in total. The lowest BCUT2D eigenvalue weighted by atomic mass is 10.2. The van der Waals surface area contributed by atoms with Crippen LogP contribution in [-0.2, 0) is 14.3 Å². The van der Waals surface area contributed by atoms with Gasteiger partial charge < -0.3 is 14.8 Å². The predicted octanol–water partition coefficient (Wildman–Crippen LogP) is 2.93. The molecule has 1 atom stereocenters. The number of esters is 1. The number of hydrogen-bond donors (Lipinski definition) is 1. The SMILES string of the molecule is CCC(C)NC(=O)COC(=O)/C=C/c1cc(Br)ccc1OC. The summed E-state index contributed by atoms with van der Waals surface area (Å²) in [5, 5.41) is 2.72. The molecule has 22 heavy (non-hydrogen) atoms. The van der Waals surface area contributed by atoms with E-state index in [9.17, 15) is 9.59 Å². The summed E-state index contributed by atoms with van der Waals surface area (Å²) >= 11 is 3.35. The minimum Gasteiger partial charge on any atom is -0.496 e.